The summed E-state index contributed by atoms with van der Waals surface area (Å²) in [6.45, 7) is 0. The molecule has 0 fully saturated rings. The van der Waals surface area contributed by atoms with Gasteiger partial charge in [-0.3, -0.25) is 18.7 Å². The maximum absolute atomic E-state index is 12.5. The third-order valence-corrected chi connectivity index (χ3v) is 4.94. The summed E-state index contributed by atoms with van der Waals surface area (Å²) in [4.78, 5) is 48.1. The third kappa shape index (κ3) is 3.38. The standard InChI is InChI=1S/C20H16ClN5O3/c1-25-18-16(19(28)26(2)20(25)29)23-15(24-18)9-11-3-5-12(6-4-11)17(27)13-7-8-14(21)22-10-13/h3-8,10H,9H2,1-2H3,(H,23,24). The summed E-state index contributed by atoms with van der Waals surface area (Å²) in [5.74, 6) is 0.405. The Bertz CT molecular complexity index is 1350. The second-order valence-electron chi connectivity index (χ2n) is 6.66. The largest absolute Gasteiger partial charge is 0.336 e. The van der Waals surface area contributed by atoms with Gasteiger partial charge in [0.1, 0.15) is 16.5 Å². The van der Waals surface area contributed by atoms with E-state index in [0.29, 0.717) is 34.2 Å². The molecule has 0 atom stereocenters. The highest BCUT2D eigenvalue weighted by Gasteiger charge is 2.14. The summed E-state index contributed by atoms with van der Waals surface area (Å²) in [6.07, 6.45) is 1.86. The number of halogens is 1. The molecule has 8 nitrogen and oxygen atoms in total. The number of aryl methyl sites for hydroxylation is 1. The topological polar surface area (TPSA) is 103 Å². The number of nitrogens with one attached hydrogen (secondary N) is 1. The van der Waals surface area contributed by atoms with Gasteiger partial charge in [0.2, 0.25) is 0 Å². The summed E-state index contributed by atoms with van der Waals surface area (Å²) in [5, 5.41) is 0.329. The predicted octanol–water partition coefficient (Wildman–Crippen LogP) is 1.83. The lowest BCUT2D eigenvalue weighted by atomic mass is 10.0. The first kappa shape index (κ1) is 18.8. The van der Waals surface area contributed by atoms with Gasteiger partial charge in [-0.15, -0.1) is 0 Å². The van der Waals surface area contributed by atoms with Crippen LogP contribution in [0.25, 0.3) is 11.2 Å². The van der Waals surface area contributed by atoms with Crippen LogP contribution in [-0.4, -0.2) is 29.9 Å². The smallest absolute Gasteiger partial charge is 0.332 e. The molecule has 0 aliphatic carbocycles. The lowest BCUT2D eigenvalue weighted by Crippen LogP contribution is -2.36. The van der Waals surface area contributed by atoms with Crippen molar-refractivity contribution in [3.63, 3.8) is 0 Å². The van der Waals surface area contributed by atoms with E-state index in [0.717, 1.165) is 10.1 Å². The molecule has 1 N–H and O–H groups in total. The number of H-pyrrole nitrogens is 1. The summed E-state index contributed by atoms with van der Waals surface area (Å²) in [6, 6.07) is 10.3. The average Bonchev–Trinajstić information content (AvgIpc) is 3.15. The number of aromatic nitrogens is 5. The minimum atomic E-state index is -0.430. The van der Waals surface area contributed by atoms with Crippen LogP contribution in [0.4, 0.5) is 0 Å². The molecule has 0 saturated carbocycles. The van der Waals surface area contributed by atoms with Crippen molar-refractivity contribution in [1.82, 2.24) is 24.1 Å². The van der Waals surface area contributed by atoms with Crippen LogP contribution in [0.3, 0.4) is 0 Å². The van der Waals surface area contributed by atoms with Crippen LogP contribution in [0.15, 0.2) is 52.2 Å². The van der Waals surface area contributed by atoms with E-state index in [1.807, 2.05) is 12.1 Å². The van der Waals surface area contributed by atoms with Gasteiger partial charge in [0.15, 0.2) is 11.4 Å². The normalized spacial score (nSPS) is 11.1. The monoisotopic (exact) mass is 409 g/mol. The first-order valence-electron chi connectivity index (χ1n) is 8.75. The van der Waals surface area contributed by atoms with Crippen molar-refractivity contribution < 1.29 is 4.79 Å². The van der Waals surface area contributed by atoms with Gasteiger partial charge < -0.3 is 4.98 Å². The maximum Gasteiger partial charge on any atom is 0.332 e. The van der Waals surface area contributed by atoms with Gasteiger partial charge in [-0.2, -0.15) is 0 Å². The molecular weight excluding hydrogens is 394 g/mol. The fourth-order valence-corrected chi connectivity index (χ4v) is 3.21. The molecule has 0 aliphatic heterocycles. The number of carbonyl (C=O) groups excluding carboxylic acids is 1. The molecule has 0 spiro atoms. The van der Waals surface area contributed by atoms with E-state index in [1.165, 1.54) is 17.8 Å². The van der Waals surface area contributed by atoms with Crippen molar-refractivity contribution in [2.45, 2.75) is 6.42 Å². The first-order chi connectivity index (χ1) is 13.8. The number of ketones is 1. The molecule has 1 aromatic carbocycles. The Hall–Kier alpha value is -3.52. The Balaban J connectivity index is 1.61. The van der Waals surface area contributed by atoms with Gasteiger partial charge in [0.25, 0.3) is 5.56 Å². The van der Waals surface area contributed by atoms with Crippen LogP contribution in [0.5, 0.6) is 0 Å². The number of carbonyl (C=O) groups is 1. The van der Waals surface area contributed by atoms with Crippen molar-refractivity contribution in [1.29, 1.82) is 0 Å². The quantitative estimate of drug-likeness (QED) is 0.409. The van der Waals surface area contributed by atoms with E-state index in [4.69, 9.17) is 11.6 Å². The van der Waals surface area contributed by atoms with Crippen LogP contribution in [-0.2, 0) is 20.5 Å². The van der Waals surface area contributed by atoms with Gasteiger partial charge in [0.05, 0.1) is 0 Å². The number of aromatic amines is 1. The second kappa shape index (κ2) is 7.14. The molecule has 4 aromatic rings. The van der Waals surface area contributed by atoms with Crippen molar-refractivity contribution in [3.05, 3.63) is 91.1 Å². The highest BCUT2D eigenvalue weighted by molar-refractivity contribution is 6.29. The lowest BCUT2D eigenvalue weighted by Gasteiger charge is -2.03. The number of nitrogens with zero attached hydrogens (tertiary/aromatic N) is 4. The van der Waals surface area contributed by atoms with Crippen LogP contribution >= 0.6 is 11.6 Å². The Morgan fingerprint density at radius 2 is 1.72 bits per heavy atom. The molecule has 4 rings (SSSR count). The number of imidazole rings is 1. The van der Waals surface area contributed by atoms with E-state index < -0.39 is 11.2 Å². The fraction of sp³-hybridized carbons (Fsp3) is 0.150. The molecule has 0 radical (unpaired) electrons. The van der Waals surface area contributed by atoms with E-state index in [2.05, 4.69) is 15.0 Å². The number of rotatable bonds is 4. The highest BCUT2D eigenvalue weighted by atomic mass is 35.5. The van der Waals surface area contributed by atoms with Crippen LogP contribution in [0, 0.1) is 0 Å². The average molecular weight is 410 g/mol. The van der Waals surface area contributed by atoms with Crippen molar-refractivity contribution in [2.75, 3.05) is 0 Å². The van der Waals surface area contributed by atoms with Crippen LogP contribution in [0.2, 0.25) is 5.15 Å². The van der Waals surface area contributed by atoms with Crippen LogP contribution in [0.1, 0.15) is 27.3 Å². The minimum absolute atomic E-state index is 0.150. The molecule has 29 heavy (non-hydrogen) atoms. The van der Waals surface area contributed by atoms with Crippen molar-refractivity contribution >= 4 is 28.5 Å². The van der Waals surface area contributed by atoms with Gasteiger partial charge in [-0.1, -0.05) is 35.9 Å². The molecule has 0 aliphatic rings. The Morgan fingerprint density at radius 3 is 2.38 bits per heavy atom. The third-order valence-electron chi connectivity index (χ3n) is 4.72. The molecule has 0 bridgehead atoms. The Kier molecular flexibility index (Phi) is 4.63. The van der Waals surface area contributed by atoms with Gasteiger partial charge in [0, 0.05) is 37.8 Å². The molecule has 3 heterocycles. The molecule has 146 valence electrons. The van der Waals surface area contributed by atoms with Crippen LogP contribution < -0.4 is 11.2 Å². The second-order valence-corrected chi connectivity index (χ2v) is 7.05. The van der Waals surface area contributed by atoms with E-state index >= 15 is 0 Å². The summed E-state index contributed by atoms with van der Waals surface area (Å²) in [7, 11) is 3.00. The minimum Gasteiger partial charge on any atom is -0.336 e. The maximum atomic E-state index is 12.5. The molecule has 9 heteroatoms. The molecule has 3 aromatic heterocycles. The Morgan fingerprint density at radius 1 is 1.03 bits per heavy atom. The van der Waals surface area contributed by atoms with Crippen molar-refractivity contribution in [3.8, 4) is 0 Å². The van der Waals surface area contributed by atoms with E-state index in [1.54, 1.807) is 31.3 Å². The SMILES string of the molecule is Cn1c(=O)c2[nH]c(Cc3ccc(C(=O)c4ccc(Cl)nc4)cc3)nc2n(C)c1=O. The molecule has 0 amide bonds. The molecule has 0 saturated heterocycles. The number of pyridine rings is 1. The van der Waals surface area contributed by atoms with Crippen molar-refractivity contribution in [2.24, 2.45) is 14.1 Å². The zero-order chi connectivity index (χ0) is 20.7. The zero-order valence-corrected chi connectivity index (χ0v) is 16.4. The molecular formula is C20H16ClN5O3. The number of fused-ring (bicyclic) bond motifs is 1. The van der Waals surface area contributed by atoms with E-state index in [-0.39, 0.29) is 11.3 Å². The first-order valence-corrected chi connectivity index (χ1v) is 9.13. The number of hydrogen-bond donors (Lipinski definition) is 1. The predicted molar refractivity (Wildman–Crippen MR) is 109 cm³/mol. The zero-order valence-electron chi connectivity index (χ0n) is 15.6. The van der Waals surface area contributed by atoms with Gasteiger partial charge in [-0.05, 0) is 17.7 Å². The molecule has 0 unspecified atom stereocenters. The Labute approximate surface area is 169 Å². The number of benzene rings is 1. The summed E-state index contributed by atoms with van der Waals surface area (Å²) < 4.78 is 2.37. The lowest BCUT2D eigenvalue weighted by molar-refractivity contribution is 0.103. The van der Waals surface area contributed by atoms with Gasteiger partial charge in [-0.25, -0.2) is 14.8 Å². The number of hydrogen-bond acceptors (Lipinski definition) is 5. The van der Waals surface area contributed by atoms with E-state index in [9.17, 15) is 14.4 Å². The summed E-state index contributed by atoms with van der Waals surface area (Å²) in [5.41, 5.74) is 1.63. The van der Waals surface area contributed by atoms with Gasteiger partial charge >= 0.3 is 5.69 Å². The highest BCUT2D eigenvalue weighted by Crippen LogP contribution is 2.15. The summed E-state index contributed by atoms with van der Waals surface area (Å²) >= 11 is 5.76. The fourth-order valence-electron chi connectivity index (χ4n) is 3.10.